The number of nitrogens with one attached hydrogen (secondary N) is 3. The van der Waals surface area contributed by atoms with Gasteiger partial charge in [0, 0.05) is 32.2 Å². The number of Topliss-reactive ketones (excluding diaryl/α,β-unsaturated/α-hetero) is 1. The van der Waals surface area contributed by atoms with E-state index in [1.165, 1.54) is 5.56 Å². The van der Waals surface area contributed by atoms with Crippen LogP contribution >= 0.6 is 0 Å². The number of hydrogen-bond donors (Lipinski definition) is 3. The fraction of sp³-hybridized carbons (Fsp3) is 0.542. The lowest BCUT2D eigenvalue weighted by atomic mass is 9.82. The summed E-state index contributed by atoms with van der Waals surface area (Å²) in [6.45, 7) is 4.38. The van der Waals surface area contributed by atoms with Crippen molar-refractivity contribution in [3.8, 4) is 0 Å². The summed E-state index contributed by atoms with van der Waals surface area (Å²) < 4.78 is 5.35. The fourth-order valence-electron chi connectivity index (χ4n) is 4.69. The molecule has 0 atom stereocenters. The van der Waals surface area contributed by atoms with Crippen molar-refractivity contribution < 1.29 is 19.1 Å². The maximum atomic E-state index is 13.0. The summed E-state index contributed by atoms with van der Waals surface area (Å²) in [5.41, 5.74) is 1.61. The van der Waals surface area contributed by atoms with Crippen molar-refractivity contribution in [2.24, 2.45) is 0 Å². The Balaban J connectivity index is 1.34. The molecule has 4 rings (SSSR count). The first-order valence-corrected chi connectivity index (χ1v) is 11.6. The predicted molar refractivity (Wildman–Crippen MR) is 120 cm³/mol. The minimum atomic E-state index is -0.438. The number of ether oxygens (including phenoxy) is 1. The molecule has 0 spiro atoms. The van der Waals surface area contributed by atoms with Crippen LogP contribution < -0.4 is 16.0 Å². The molecule has 0 radical (unpaired) electrons. The molecule has 1 aromatic carbocycles. The number of carbonyl (C=O) groups excluding carboxylic acids is 3. The lowest BCUT2D eigenvalue weighted by Gasteiger charge is -2.30. The van der Waals surface area contributed by atoms with Gasteiger partial charge in [-0.2, -0.15) is 0 Å². The minimum Gasteiger partial charge on any atom is -0.379 e. The van der Waals surface area contributed by atoms with Crippen LogP contribution in [0, 0.1) is 0 Å². The van der Waals surface area contributed by atoms with Crippen LogP contribution in [0.4, 0.5) is 0 Å². The maximum Gasteiger partial charge on any atom is 0.270 e. The van der Waals surface area contributed by atoms with Crippen molar-refractivity contribution >= 4 is 17.6 Å². The van der Waals surface area contributed by atoms with Crippen molar-refractivity contribution in [2.75, 3.05) is 39.4 Å². The van der Waals surface area contributed by atoms with E-state index in [0.29, 0.717) is 25.7 Å². The second-order valence-corrected chi connectivity index (χ2v) is 8.71. The Hall–Kier alpha value is -2.71. The van der Waals surface area contributed by atoms with Crippen LogP contribution in [0.2, 0.25) is 0 Å². The molecule has 0 unspecified atom stereocenters. The normalized spacial score (nSPS) is 24.8. The second-order valence-electron chi connectivity index (χ2n) is 8.71. The third-order valence-electron chi connectivity index (χ3n) is 6.51. The van der Waals surface area contributed by atoms with Crippen molar-refractivity contribution in [1.29, 1.82) is 0 Å². The zero-order chi connectivity index (χ0) is 22.3. The van der Waals surface area contributed by atoms with Gasteiger partial charge in [-0.25, -0.2) is 0 Å². The summed E-state index contributed by atoms with van der Waals surface area (Å²) in [4.78, 5) is 39.7. The molecule has 2 aliphatic heterocycles. The highest BCUT2D eigenvalue weighted by molar-refractivity contribution is 6.16. The molecule has 2 heterocycles. The lowest BCUT2D eigenvalue weighted by molar-refractivity contribution is -0.130. The summed E-state index contributed by atoms with van der Waals surface area (Å²) in [6.07, 6.45) is 3.52. The van der Waals surface area contributed by atoms with E-state index in [0.717, 1.165) is 45.3 Å². The first-order valence-electron chi connectivity index (χ1n) is 11.6. The largest absolute Gasteiger partial charge is 0.379 e. The van der Waals surface area contributed by atoms with Crippen molar-refractivity contribution in [2.45, 2.75) is 44.1 Å². The summed E-state index contributed by atoms with van der Waals surface area (Å²) in [5.74, 6) is -0.652. The number of morpholine rings is 1. The molecule has 1 aromatic rings. The molecule has 1 aliphatic carbocycles. The molecule has 8 nitrogen and oxygen atoms in total. The Morgan fingerprint density at radius 1 is 1.06 bits per heavy atom. The van der Waals surface area contributed by atoms with E-state index in [2.05, 4.69) is 45.1 Å². The molecule has 8 heteroatoms. The van der Waals surface area contributed by atoms with Gasteiger partial charge in [0.15, 0.2) is 5.78 Å². The zero-order valence-electron chi connectivity index (χ0n) is 18.4. The van der Waals surface area contributed by atoms with Gasteiger partial charge in [0.05, 0.1) is 19.6 Å². The number of ketones is 1. The van der Waals surface area contributed by atoms with Crippen LogP contribution in [0.15, 0.2) is 41.7 Å². The van der Waals surface area contributed by atoms with Gasteiger partial charge in [0.25, 0.3) is 5.91 Å². The monoisotopic (exact) mass is 440 g/mol. The third kappa shape index (κ3) is 5.75. The van der Waals surface area contributed by atoms with E-state index in [-0.39, 0.29) is 35.5 Å². The molecule has 3 aliphatic rings. The molecule has 2 fully saturated rings. The summed E-state index contributed by atoms with van der Waals surface area (Å²) in [6, 6.07) is 10.5. The van der Waals surface area contributed by atoms with Crippen molar-refractivity contribution in [1.82, 2.24) is 20.9 Å². The molecule has 1 saturated carbocycles. The highest BCUT2D eigenvalue weighted by Crippen LogP contribution is 2.32. The smallest absolute Gasteiger partial charge is 0.270 e. The van der Waals surface area contributed by atoms with Gasteiger partial charge in [-0.1, -0.05) is 30.3 Å². The van der Waals surface area contributed by atoms with E-state index in [4.69, 9.17) is 4.74 Å². The van der Waals surface area contributed by atoms with Gasteiger partial charge in [0.1, 0.15) is 11.4 Å². The molecule has 32 heavy (non-hydrogen) atoms. The van der Waals surface area contributed by atoms with Gasteiger partial charge >= 0.3 is 0 Å². The molecular formula is C24H32N4O4. The number of benzene rings is 1. The van der Waals surface area contributed by atoms with Crippen LogP contribution in [0.1, 0.15) is 43.6 Å². The fourth-order valence-corrected chi connectivity index (χ4v) is 4.69. The second kappa shape index (κ2) is 10.7. The van der Waals surface area contributed by atoms with Crippen molar-refractivity contribution in [3.63, 3.8) is 0 Å². The molecule has 3 N–H and O–H groups in total. The van der Waals surface area contributed by atoms with E-state index in [1.807, 2.05) is 6.07 Å². The number of rotatable bonds is 7. The van der Waals surface area contributed by atoms with E-state index >= 15 is 0 Å². The highest BCUT2D eigenvalue weighted by atomic mass is 16.5. The van der Waals surface area contributed by atoms with Gasteiger partial charge in [-0.3, -0.25) is 19.3 Å². The highest BCUT2D eigenvalue weighted by Gasteiger charge is 2.31. The maximum absolute atomic E-state index is 13.0. The lowest BCUT2D eigenvalue weighted by Crippen LogP contribution is -2.48. The molecule has 172 valence electrons. The average Bonchev–Trinajstić information content (AvgIpc) is 2.82. The summed E-state index contributed by atoms with van der Waals surface area (Å²) in [5, 5.41) is 8.77. The molecule has 2 amide bonds. The van der Waals surface area contributed by atoms with Gasteiger partial charge in [-0.15, -0.1) is 0 Å². The van der Waals surface area contributed by atoms with E-state index < -0.39 is 5.91 Å². The van der Waals surface area contributed by atoms with Crippen LogP contribution in [-0.4, -0.2) is 67.9 Å². The Morgan fingerprint density at radius 2 is 1.78 bits per heavy atom. The SMILES string of the molecule is O=C1CC(=O)C(NCCN2CCOCC2)=C(C(=O)NC2CCC(c3ccccc3)CC2)N1. The van der Waals surface area contributed by atoms with Gasteiger partial charge < -0.3 is 20.7 Å². The third-order valence-corrected chi connectivity index (χ3v) is 6.51. The van der Waals surface area contributed by atoms with Gasteiger partial charge in [-0.05, 0) is 37.2 Å². The van der Waals surface area contributed by atoms with Crippen LogP contribution in [0.5, 0.6) is 0 Å². The molecule has 0 aromatic heterocycles. The van der Waals surface area contributed by atoms with E-state index in [9.17, 15) is 14.4 Å². The molecular weight excluding hydrogens is 408 g/mol. The molecule has 0 bridgehead atoms. The minimum absolute atomic E-state index is 0.0403. The topological polar surface area (TPSA) is 99.8 Å². The zero-order valence-corrected chi connectivity index (χ0v) is 18.4. The Bertz CT molecular complexity index is 856. The summed E-state index contributed by atoms with van der Waals surface area (Å²) >= 11 is 0. The number of allylic oxidation sites excluding steroid dienone is 1. The molecule has 1 saturated heterocycles. The Labute approximate surface area is 188 Å². The van der Waals surface area contributed by atoms with Crippen molar-refractivity contribution in [3.05, 3.63) is 47.3 Å². The first kappa shape index (κ1) is 22.5. The standard InChI is InChI=1S/C24H32N4O4/c29-20-16-21(30)27-23(22(20)25-10-11-28-12-14-32-15-13-28)24(31)26-19-8-6-18(7-9-19)17-4-2-1-3-5-17/h1-5,18-19,25H,6-16H2,(H,26,31)(H,27,30). The number of hydrogen-bond acceptors (Lipinski definition) is 6. The van der Waals surface area contributed by atoms with Gasteiger partial charge in [0.2, 0.25) is 5.91 Å². The van der Waals surface area contributed by atoms with E-state index in [1.54, 1.807) is 0 Å². The first-order chi connectivity index (χ1) is 15.6. The average molecular weight is 441 g/mol. The number of carbonyl (C=O) groups is 3. The van der Waals surface area contributed by atoms with Crippen LogP contribution in [0.3, 0.4) is 0 Å². The summed E-state index contributed by atoms with van der Waals surface area (Å²) in [7, 11) is 0. The van der Waals surface area contributed by atoms with Crippen LogP contribution in [0.25, 0.3) is 0 Å². The quantitative estimate of drug-likeness (QED) is 0.548. The number of amides is 2. The van der Waals surface area contributed by atoms with Crippen LogP contribution in [-0.2, 0) is 19.1 Å². The Morgan fingerprint density at radius 3 is 2.50 bits per heavy atom. The Kier molecular flexibility index (Phi) is 7.55. The number of nitrogens with zero attached hydrogens (tertiary/aromatic N) is 1. The predicted octanol–water partition coefficient (Wildman–Crippen LogP) is 1.05.